The van der Waals surface area contributed by atoms with Crippen molar-refractivity contribution in [2.75, 3.05) is 16.8 Å². The molecule has 0 fully saturated rings. The molecule has 0 amide bonds. The second-order valence-electron chi connectivity index (χ2n) is 3.80. The largest absolute Gasteiger partial charge is 0.397 e. The van der Waals surface area contributed by atoms with Crippen LogP contribution in [0.5, 0.6) is 0 Å². The van der Waals surface area contributed by atoms with Crippen LogP contribution in [0, 0.1) is 6.92 Å². The summed E-state index contributed by atoms with van der Waals surface area (Å²) in [6.07, 6.45) is 0. The highest BCUT2D eigenvalue weighted by atomic mass is 14.9. The van der Waals surface area contributed by atoms with Crippen LogP contribution in [0.15, 0.2) is 42.5 Å². The van der Waals surface area contributed by atoms with Gasteiger partial charge in [0.2, 0.25) is 0 Å². The smallest absolute Gasteiger partial charge is 0.0786 e. The summed E-state index contributed by atoms with van der Waals surface area (Å²) in [5.41, 5.74) is 15.9. The molecular formula is C13H15N3. The number of hydrogen-bond donors (Lipinski definition) is 3. The van der Waals surface area contributed by atoms with Crippen LogP contribution in [0.1, 0.15) is 5.56 Å². The third-order valence-corrected chi connectivity index (χ3v) is 2.47. The Labute approximate surface area is 95.1 Å². The summed E-state index contributed by atoms with van der Waals surface area (Å²) < 4.78 is 0. The maximum atomic E-state index is 5.87. The van der Waals surface area contributed by atoms with Gasteiger partial charge in [-0.05, 0) is 31.2 Å². The van der Waals surface area contributed by atoms with E-state index in [4.69, 9.17) is 11.5 Å². The van der Waals surface area contributed by atoms with Gasteiger partial charge in [0.15, 0.2) is 0 Å². The minimum absolute atomic E-state index is 0.586. The van der Waals surface area contributed by atoms with E-state index >= 15 is 0 Å². The van der Waals surface area contributed by atoms with Crippen molar-refractivity contribution in [3.63, 3.8) is 0 Å². The van der Waals surface area contributed by atoms with Gasteiger partial charge in [0, 0.05) is 5.69 Å². The molecular weight excluding hydrogens is 198 g/mol. The molecule has 0 bridgehead atoms. The molecule has 0 aliphatic rings. The van der Waals surface area contributed by atoms with E-state index in [1.54, 1.807) is 6.07 Å². The Morgan fingerprint density at radius 2 is 1.62 bits per heavy atom. The van der Waals surface area contributed by atoms with Crippen molar-refractivity contribution in [3.8, 4) is 0 Å². The van der Waals surface area contributed by atoms with Crippen LogP contribution in [0.4, 0.5) is 22.7 Å². The Hall–Kier alpha value is -2.16. The monoisotopic (exact) mass is 213 g/mol. The van der Waals surface area contributed by atoms with Gasteiger partial charge in [-0.3, -0.25) is 0 Å². The van der Waals surface area contributed by atoms with E-state index < -0.39 is 0 Å². The summed E-state index contributed by atoms with van der Waals surface area (Å²) in [5, 5.41) is 3.24. The summed E-state index contributed by atoms with van der Waals surface area (Å²) in [7, 11) is 0. The van der Waals surface area contributed by atoms with E-state index in [0.29, 0.717) is 11.4 Å². The fraction of sp³-hybridized carbons (Fsp3) is 0.0769. The molecule has 0 saturated heterocycles. The van der Waals surface area contributed by atoms with Crippen LogP contribution in [0.3, 0.4) is 0 Å². The zero-order chi connectivity index (χ0) is 11.5. The highest BCUT2D eigenvalue weighted by Crippen LogP contribution is 2.27. The first-order valence-corrected chi connectivity index (χ1v) is 5.14. The summed E-state index contributed by atoms with van der Waals surface area (Å²) >= 11 is 0. The van der Waals surface area contributed by atoms with Crippen molar-refractivity contribution in [2.45, 2.75) is 6.92 Å². The molecule has 3 nitrogen and oxygen atoms in total. The van der Waals surface area contributed by atoms with E-state index in [1.807, 2.05) is 36.4 Å². The van der Waals surface area contributed by atoms with Gasteiger partial charge >= 0.3 is 0 Å². The van der Waals surface area contributed by atoms with Crippen LogP contribution < -0.4 is 16.8 Å². The fourth-order valence-electron chi connectivity index (χ4n) is 1.48. The second-order valence-corrected chi connectivity index (χ2v) is 3.80. The van der Waals surface area contributed by atoms with E-state index in [9.17, 15) is 0 Å². The fourth-order valence-corrected chi connectivity index (χ4v) is 1.48. The predicted molar refractivity (Wildman–Crippen MR) is 69.7 cm³/mol. The van der Waals surface area contributed by atoms with Crippen LogP contribution >= 0.6 is 0 Å². The average Bonchev–Trinajstić information content (AvgIpc) is 2.28. The lowest BCUT2D eigenvalue weighted by atomic mass is 10.2. The van der Waals surface area contributed by atoms with Gasteiger partial charge in [0.05, 0.1) is 17.1 Å². The zero-order valence-corrected chi connectivity index (χ0v) is 9.20. The Morgan fingerprint density at radius 1 is 0.938 bits per heavy atom. The molecule has 0 radical (unpaired) electrons. The summed E-state index contributed by atoms with van der Waals surface area (Å²) in [6, 6.07) is 13.7. The molecule has 2 aromatic rings. The predicted octanol–water partition coefficient (Wildman–Crippen LogP) is 2.90. The Balaban J connectivity index is 2.27. The standard InChI is InChI=1S/C13H15N3/c1-9-5-7-10(8-6-9)16-12-4-2-3-11(14)13(12)15/h2-8,16H,14-15H2,1H3. The van der Waals surface area contributed by atoms with Crippen LogP contribution in [0.25, 0.3) is 0 Å². The van der Waals surface area contributed by atoms with Gasteiger partial charge in [-0.15, -0.1) is 0 Å². The molecule has 2 aromatic carbocycles. The Bertz CT molecular complexity index is 489. The summed E-state index contributed by atoms with van der Waals surface area (Å²) in [5.74, 6) is 0. The lowest BCUT2D eigenvalue weighted by Gasteiger charge is -2.10. The first-order chi connectivity index (χ1) is 7.66. The number of anilines is 4. The molecule has 82 valence electrons. The van der Waals surface area contributed by atoms with Gasteiger partial charge in [0.25, 0.3) is 0 Å². The van der Waals surface area contributed by atoms with Crippen molar-refractivity contribution in [3.05, 3.63) is 48.0 Å². The highest BCUT2D eigenvalue weighted by Gasteiger charge is 2.01. The third kappa shape index (κ3) is 2.08. The van der Waals surface area contributed by atoms with Crippen molar-refractivity contribution < 1.29 is 0 Å². The molecule has 0 atom stereocenters. The van der Waals surface area contributed by atoms with E-state index in [1.165, 1.54) is 5.56 Å². The van der Waals surface area contributed by atoms with Gasteiger partial charge in [-0.1, -0.05) is 23.8 Å². The van der Waals surface area contributed by atoms with Crippen LogP contribution in [-0.4, -0.2) is 0 Å². The highest BCUT2D eigenvalue weighted by molar-refractivity contribution is 5.81. The van der Waals surface area contributed by atoms with Crippen molar-refractivity contribution in [2.24, 2.45) is 0 Å². The van der Waals surface area contributed by atoms with E-state index in [-0.39, 0.29) is 0 Å². The van der Waals surface area contributed by atoms with Gasteiger partial charge in [0.1, 0.15) is 0 Å². The number of rotatable bonds is 2. The van der Waals surface area contributed by atoms with Crippen molar-refractivity contribution >= 4 is 22.7 Å². The van der Waals surface area contributed by atoms with Crippen molar-refractivity contribution in [1.29, 1.82) is 0 Å². The Kier molecular flexibility index (Phi) is 2.68. The van der Waals surface area contributed by atoms with Crippen LogP contribution in [-0.2, 0) is 0 Å². The molecule has 0 spiro atoms. The number of hydrogen-bond acceptors (Lipinski definition) is 3. The topological polar surface area (TPSA) is 64.1 Å². The zero-order valence-electron chi connectivity index (χ0n) is 9.20. The van der Waals surface area contributed by atoms with E-state index in [0.717, 1.165) is 11.4 Å². The maximum Gasteiger partial charge on any atom is 0.0786 e. The number of para-hydroxylation sites is 1. The summed E-state index contributed by atoms with van der Waals surface area (Å²) in [4.78, 5) is 0. The second kappa shape index (κ2) is 4.14. The van der Waals surface area contributed by atoms with E-state index in [2.05, 4.69) is 12.2 Å². The molecule has 2 rings (SSSR count). The van der Waals surface area contributed by atoms with Gasteiger partial charge in [-0.25, -0.2) is 0 Å². The van der Waals surface area contributed by atoms with Crippen molar-refractivity contribution in [1.82, 2.24) is 0 Å². The maximum absolute atomic E-state index is 5.87. The molecule has 5 N–H and O–H groups in total. The van der Waals surface area contributed by atoms with Crippen LogP contribution in [0.2, 0.25) is 0 Å². The van der Waals surface area contributed by atoms with Gasteiger partial charge in [-0.2, -0.15) is 0 Å². The molecule has 0 saturated carbocycles. The number of nitrogens with two attached hydrogens (primary N) is 2. The molecule has 0 aromatic heterocycles. The minimum Gasteiger partial charge on any atom is -0.397 e. The SMILES string of the molecule is Cc1ccc(Nc2cccc(N)c2N)cc1. The first-order valence-electron chi connectivity index (χ1n) is 5.14. The number of benzene rings is 2. The number of nitrogens with one attached hydrogen (secondary N) is 1. The molecule has 3 heteroatoms. The lowest BCUT2D eigenvalue weighted by Crippen LogP contribution is -2.00. The number of nitrogen functional groups attached to an aromatic ring is 2. The quantitative estimate of drug-likeness (QED) is 0.672. The molecule has 0 heterocycles. The summed E-state index contributed by atoms with van der Waals surface area (Å²) in [6.45, 7) is 2.05. The molecule has 16 heavy (non-hydrogen) atoms. The average molecular weight is 213 g/mol. The third-order valence-electron chi connectivity index (χ3n) is 2.47. The first kappa shape index (κ1) is 10.4. The lowest BCUT2D eigenvalue weighted by molar-refractivity contribution is 1.45. The number of aryl methyl sites for hydroxylation is 1. The molecule has 0 aliphatic carbocycles. The normalized spacial score (nSPS) is 10.1. The van der Waals surface area contributed by atoms with Gasteiger partial charge < -0.3 is 16.8 Å². The minimum atomic E-state index is 0.586. The Morgan fingerprint density at radius 3 is 2.31 bits per heavy atom. The molecule has 0 aliphatic heterocycles. The molecule has 0 unspecified atom stereocenters.